The van der Waals surface area contributed by atoms with Gasteiger partial charge in [-0.05, 0) is 35.8 Å². The summed E-state index contributed by atoms with van der Waals surface area (Å²) in [4.78, 5) is 0.144. The highest BCUT2D eigenvalue weighted by atomic mass is 35.5. The molecule has 224 valence electrons. The number of ether oxygens (including phenoxy) is 1. The number of imidazole rings is 1. The van der Waals surface area contributed by atoms with E-state index in [9.17, 15) is 8.42 Å². The first-order valence-corrected chi connectivity index (χ1v) is 16.0. The normalized spacial score (nSPS) is 11.8. The van der Waals surface area contributed by atoms with E-state index in [2.05, 4.69) is 120 Å². The molecule has 0 aliphatic rings. The quantitative estimate of drug-likeness (QED) is 0.209. The van der Waals surface area contributed by atoms with Crippen molar-refractivity contribution in [3.05, 3.63) is 107 Å². The topological polar surface area (TPSA) is 52.2 Å². The van der Waals surface area contributed by atoms with Crippen LogP contribution in [0.2, 0.25) is 0 Å². The number of rotatable bonds is 10. The summed E-state index contributed by atoms with van der Waals surface area (Å²) in [6.07, 6.45) is 4.13. The van der Waals surface area contributed by atoms with Crippen LogP contribution in [0.15, 0.2) is 89.9 Å². The van der Waals surface area contributed by atoms with E-state index in [0.717, 1.165) is 16.8 Å². The fourth-order valence-corrected chi connectivity index (χ4v) is 6.05. The standard InChI is InChI=1S/C35H43N2O3S.ClH/c1-10-41(38,39)28-15-11-14-27(22-28)40-35-36(33-29(23(2)3)16-12-17-30(33)24(4)5)20-21-37(35)34-31(25(6)7)18-13-19-32(34)26(8)9;/h10-26H,1H2,2-9H3;1H/q+1;/p-1. The second kappa shape index (κ2) is 13.3. The van der Waals surface area contributed by atoms with Crippen molar-refractivity contribution in [2.75, 3.05) is 0 Å². The average Bonchev–Trinajstić information content (AvgIpc) is 3.34. The van der Waals surface area contributed by atoms with Gasteiger partial charge in [-0.3, -0.25) is 0 Å². The van der Waals surface area contributed by atoms with E-state index in [1.165, 1.54) is 22.3 Å². The molecule has 0 unspecified atom stereocenters. The molecule has 0 aliphatic carbocycles. The summed E-state index contributed by atoms with van der Waals surface area (Å²) in [5.41, 5.74) is 7.05. The van der Waals surface area contributed by atoms with E-state index in [1.54, 1.807) is 24.3 Å². The van der Waals surface area contributed by atoms with Gasteiger partial charge in [-0.25, -0.2) is 8.42 Å². The van der Waals surface area contributed by atoms with E-state index in [-0.39, 0.29) is 41.0 Å². The Labute approximate surface area is 258 Å². The molecule has 1 heterocycles. The van der Waals surface area contributed by atoms with Crippen LogP contribution in [0, 0.1) is 0 Å². The number of halogens is 1. The molecule has 0 saturated heterocycles. The third-order valence-electron chi connectivity index (χ3n) is 7.51. The van der Waals surface area contributed by atoms with Crippen LogP contribution in [0.4, 0.5) is 0 Å². The van der Waals surface area contributed by atoms with Gasteiger partial charge in [0.25, 0.3) is 0 Å². The van der Waals surface area contributed by atoms with Crippen molar-refractivity contribution >= 4 is 9.84 Å². The zero-order valence-corrected chi connectivity index (χ0v) is 27.5. The molecular weight excluding hydrogens is 564 g/mol. The number of sulfone groups is 1. The highest BCUT2D eigenvalue weighted by molar-refractivity contribution is 7.94. The van der Waals surface area contributed by atoms with Gasteiger partial charge in [0, 0.05) is 33.7 Å². The largest absolute Gasteiger partial charge is 1.00 e. The zero-order chi connectivity index (χ0) is 30.1. The predicted octanol–water partition coefficient (Wildman–Crippen LogP) is 5.96. The lowest BCUT2D eigenvalue weighted by molar-refractivity contribution is -0.602. The van der Waals surface area contributed by atoms with Gasteiger partial charge < -0.3 is 17.1 Å². The molecule has 0 atom stereocenters. The molecule has 0 aliphatic heterocycles. The van der Waals surface area contributed by atoms with E-state index in [0.29, 0.717) is 11.8 Å². The first kappa shape index (κ1) is 33.2. The monoisotopic (exact) mass is 606 g/mol. The van der Waals surface area contributed by atoms with Crippen LogP contribution in [-0.2, 0) is 9.84 Å². The van der Waals surface area contributed by atoms with Crippen molar-refractivity contribution in [1.29, 1.82) is 0 Å². The first-order chi connectivity index (χ1) is 19.4. The van der Waals surface area contributed by atoms with Crippen molar-refractivity contribution in [3.8, 4) is 23.1 Å². The molecule has 0 N–H and O–H groups in total. The number of nitrogens with zero attached hydrogens (tertiary/aromatic N) is 2. The van der Waals surface area contributed by atoms with Crippen molar-refractivity contribution < 1.29 is 30.1 Å². The van der Waals surface area contributed by atoms with E-state index in [4.69, 9.17) is 4.74 Å². The molecule has 4 rings (SSSR count). The molecule has 0 spiro atoms. The maximum atomic E-state index is 12.6. The van der Waals surface area contributed by atoms with Gasteiger partial charge in [-0.1, -0.05) is 104 Å². The molecule has 1 aromatic heterocycles. The molecule has 0 bridgehead atoms. The second-order valence-corrected chi connectivity index (χ2v) is 13.7. The van der Waals surface area contributed by atoms with Gasteiger partial charge in [0.15, 0.2) is 9.84 Å². The SMILES string of the molecule is C=CS(=O)(=O)c1cccc(Oc2n(-c3c(C(C)C)cccc3C(C)C)cc[n+]2-c2c(C(C)C)cccc2C(C)C)c1.[Cl-]. The Morgan fingerprint density at radius 1 is 0.762 bits per heavy atom. The minimum absolute atomic E-state index is 0. The smallest absolute Gasteiger partial charge is 0.472 e. The van der Waals surface area contributed by atoms with Gasteiger partial charge in [-0.2, -0.15) is 9.13 Å². The Morgan fingerprint density at radius 3 is 1.71 bits per heavy atom. The summed E-state index contributed by atoms with van der Waals surface area (Å²) in [5.74, 6) is 1.55. The van der Waals surface area contributed by atoms with Crippen LogP contribution in [0.5, 0.6) is 11.8 Å². The minimum atomic E-state index is -3.63. The second-order valence-electron chi connectivity index (χ2n) is 11.8. The van der Waals surface area contributed by atoms with E-state index in [1.807, 2.05) is 0 Å². The maximum Gasteiger partial charge on any atom is 0.472 e. The van der Waals surface area contributed by atoms with Crippen LogP contribution < -0.4 is 21.7 Å². The minimum Gasteiger partial charge on any atom is -1.00 e. The number of hydrogen-bond acceptors (Lipinski definition) is 3. The lowest BCUT2D eigenvalue weighted by Crippen LogP contribution is -3.00. The fourth-order valence-electron chi connectivity index (χ4n) is 5.31. The Kier molecular flexibility index (Phi) is 10.5. The number of benzene rings is 3. The Balaban J connectivity index is 0.00000484. The van der Waals surface area contributed by atoms with Gasteiger partial charge >= 0.3 is 6.01 Å². The van der Waals surface area contributed by atoms with Crippen molar-refractivity contribution in [3.63, 3.8) is 0 Å². The molecule has 5 nitrogen and oxygen atoms in total. The van der Waals surface area contributed by atoms with Crippen LogP contribution in [0.25, 0.3) is 11.4 Å². The van der Waals surface area contributed by atoms with Gasteiger partial charge in [0.2, 0.25) is 0 Å². The molecule has 7 heteroatoms. The summed E-state index contributed by atoms with van der Waals surface area (Å²) in [6.45, 7) is 21.1. The summed E-state index contributed by atoms with van der Waals surface area (Å²) >= 11 is 0. The van der Waals surface area contributed by atoms with Crippen molar-refractivity contribution in [2.45, 2.75) is 84.0 Å². The Hall–Kier alpha value is -3.35. The van der Waals surface area contributed by atoms with Crippen molar-refractivity contribution in [1.82, 2.24) is 4.57 Å². The van der Waals surface area contributed by atoms with Crippen LogP contribution in [0.1, 0.15) is 101 Å². The number of hydrogen-bond donors (Lipinski definition) is 0. The first-order valence-electron chi connectivity index (χ1n) is 14.4. The van der Waals surface area contributed by atoms with Gasteiger partial charge in [-0.15, -0.1) is 0 Å². The molecule has 0 saturated carbocycles. The summed E-state index contributed by atoms with van der Waals surface area (Å²) in [5, 5.41) is 0.969. The number of para-hydroxylation sites is 2. The van der Waals surface area contributed by atoms with E-state index >= 15 is 0 Å². The zero-order valence-electron chi connectivity index (χ0n) is 25.9. The van der Waals surface area contributed by atoms with Gasteiger partial charge in [0.05, 0.1) is 4.90 Å². The highest BCUT2D eigenvalue weighted by Gasteiger charge is 2.32. The Morgan fingerprint density at radius 2 is 1.24 bits per heavy atom. The molecule has 3 aromatic carbocycles. The van der Waals surface area contributed by atoms with Crippen molar-refractivity contribution in [2.24, 2.45) is 0 Å². The third kappa shape index (κ3) is 6.50. The lowest BCUT2D eigenvalue weighted by atomic mass is 9.92. The van der Waals surface area contributed by atoms with Crippen LogP contribution >= 0.6 is 0 Å². The molecule has 0 radical (unpaired) electrons. The average molecular weight is 607 g/mol. The highest BCUT2D eigenvalue weighted by Crippen LogP contribution is 2.36. The van der Waals surface area contributed by atoms with Crippen LogP contribution in [-0.4, -0.2) is 13.0 Å². The fraction of sp³-hybridized carbons (Fsp3) is 0.343. The van der Waals surface area contributed by atoms with Gasteiger partial charge in [0.1, 0.15) is 29.5 Å². The predicted molar refractivity (Wildman–Crippen MR) is 168 cm³/mol. The maximum absolute atomic E-state index is 12.6. The molecule has 4 aromatic rings. The third-order valence-corrected chi connectivity index (χ3v) is 8.86. The number of aromatic nitrogens is 2. The van der Waals surface area contributed by atoms with Crippen LogP contribution in [0.3, 0.4) is 0 Å². The van der Waals surface area contributed by atoms with E-state index < -0.39 is 9.84 Å². The summed E-state index contributed by atoms with van der Waals surface area (Å²) < 4.78 is 36.2. The molecule has 42 heavy (non-hydrogen) atoms. The Bertz CT molecular complexity index is 1530. The molecular formula is C35H43ClN2O3S. The molecule has 0 fully saturated rings. The summed E-state index contributed by atoms with van der Waals surface area (Å²) in [7, 11) is -3.63. The summed E-state index contributed by atoms with van der Waals surface area (Å²) in [6, 6.07) is 20.2. The molecule has 0 amide bonds. The lowest BCUT2D eigenvalue weighted by Gasteiger charge is -2.19.